The van der Waals surface area contributed by atoms with Crippen LogP contribution in [0.2, 0.25) is 0 Å². The zero-order chi connectivity index (χ0) is 17.9. The number of nitrogens with one attached hydrogen (secondary N) is 1. The molecule has 3 N–H and O–H groups in total. The molecule has 3 aromatic rings. The number of primary sulfonamides is 1. The maximum Gasteiger partial charge on any atom is 0.238 e. The fourth-order valence-electron chi connectivity index (χ4n) is 2.23. The zero-order valence-corrected chi connectivity index (χ0v) is 14.1. The third kappa shape index (κ3) is 4.09. The molecule has 0 aliphatic heterocycles. The molecule has 1 heterocycles. The molecule has 126 valence electrons. The highest BCUT2D eigenvalue weighted by atomic mass is 32.2. The minimum atomic E-state index is -3.71. The molecule has 2 aromatic carbocycles. The van der Waals surface area contributed by atoms with Gasteiger partial charge in [0.25, 0.3) is 0 Å². The van der Waals surface area contributed by atoms with Crippen LogP contribution in [0.25, 0.3) is 17.3 Å². The first-order valence-corrected chi connectivity index (χ1v) is 8.96. The van der Waals surface area contributed by atoms with E-state index in [1.807, 2.05) is 30.3 Å². The molecule has 0 aliphatic carbocycles. The second kappa shape index (κ2) is 6.84. The lowest BCUT2D eigenvalue weighted by Gasteiger charge is -2.07. The van der Waals surface area contributed by atoms with Crippen LogP contribution < -0.4 is 10.5 Å². The fourth-order valence-corrected chi connectivity index (χ4v) is 2.74. The van der Waals surface area contributed by atoms with Crippen molar-refractivity contribution in [3.63, 3.8) is 0 Å². The summed E-state index contributed by atoms with van der Waals surface area (Å²) in [6, 6.07) is 15.7. The number of benzene rings is 2. The van der Waals surface area contributed by atoms with Crippen molar-refractivity contribution in [1.29, 1.82) is 0 Å². The molecule has 0 saturated heterocycles. The Morgan fingerprint density at radius 1 is 1.00 bits per heavy atom. The number of hydrogen-bond donors (Lipinski definition) is 2. The van der Waals surface area contributed by atoms with Crippen molar-refractivity contribution in [2.45, 2.75) is 4.90 Å². The van der Waals surface area contributed by atoms with E-state index in [1.165, 1.54) is 12.1 Å². The van der Waals surface area contributed by atoms with Gasteiger partial charge in [0.1, 0.15) is 0 Å². The molecule has 0 amide bonds. The van der Waals surface area contributed by atoms with Gasteiger partial charge in [-0.15, -0.1) is 0 Å². The van der Waals surface area contributed by atoms with Crippen LogP contribution in [-0.4, -0.2) is 18.4 Å². The summed E-state index contributed by atoms with van der Waals surface area (Å²) < 4.78 is 22.6. The van der Waals surface area contributed by atoms with Crippen LogP contribution in [0, 0.1) is 0 Å². The molecular formula is C18H16N4O2S. The topological polar surface area (TPSA) is 98.0 Å². The van der Waals surface area contributed by atoms with E-state index < -0.39 is 10.0 Å². The maximum absolute atomic E-state index is 11.3. The number of hydrogen-bond acceptors (Lipinski definition) is 5. The lowest BCUT2D eigenvalue weighted by molar-refractivity contribution is 0.598. The second-order valence-electron chi connectivity index (χ2n) is 5.29. The molecule has 0 fully saturated rings. The van der Waals surface area contributed by atoms with Crippen LogP contribution in [0.4, 0.5) is 11.6 Å². The van der Waals surface area contributed by atoms with Crippen molar-refractivity contribution in [2.24, 2.45) is 5.14 Å². The Balaban J connectivity index is 1.82. The van der Waals surface area contributed by atoms with Crippen LogP contribution in [0.3, 0.4) is 0 Å². The predicted octanol–water partition coefficient (Wildman–Crippen LogP) is 3.18. The Morgan fingerprint density at radius 2 is 1.68 bits per heavy atom. The number of nitrogens with two attached hydrogens (primary N) is 1. The average Bonchev–Trinajstić information content (AvgIpc) is 2.62. The number of sulfonamides is 1. The molecule has 0 bridgehead atoms. The van der Waals surface area contributed by atoms with Gasteiger partial charge in [-0.25, -0.2) is 23.5 Å². The van der Waals surface area contributed by atoms with E-state index in [9.17, 15) is 8.42 Å². The molecule has 0 atom stereocenters. The summed E-state index contributed by atoms with van der Waals surface area (Å²) in [5.74, 6) is 0.411. The van der Waals surface area contributed by atoms with Crippen molar-refractivity contribution < 1.29 is 8.42 Å². The first-order chi connectivity index (χ1) is 12.0. The molecule has 0 radical (unpaired) electrons. The molecule has 7 heteroatoms. The SMILES string of the molecule is C=Cc1ccc(-c2ccnc(Nc3ccc(S(N)(=O)=O)cc3)n2)cc1. The molecule has 25 heavy (non-hydrogen) atoms. The molecule has 6 nitrogen and oxygen atoms in total. The van der Waals surface area contributed by atoms with E-state index in [0.29, 0.717) is 11.6 Å². The van der Waals surface area contributed by atoms with Crippen molar-refractivity contribution in [3.8, 4) is 11.3 Å². The van der Waals surface area contributed by atoms with Crippen LogP contribution in [0.15, 0.2) is 72.3 Å². The standard InChI is InChI=1S/C18H16N4O2S/c1-2-13-3-5-14(6-4-13)17-11-12-20-18(22-17)21-15-7-9-16(10-8-15)25(19,23)24/h2-12H,1H2,(H2,19,23,24)(H,20,21,22). The zero-order valence-electron chi connectivity index (χ0n) is 13.3. The Bertz CT molecular complexity index is 998. The summed E-state index contributed by atoms with van der Waals surface area (Å²) >= 11 is 0. The normalized spacial score (nSPS) is 11.1. The maximum atomic E-state index is 11.3. The smallest absolute Gasteiger partial charge is 0.238 e. The summed E-state index contributed by atoms with van der Waals surface area (Å²) in [6.45, 7) is 3.73. The Kier molecular flexibility index (Phi) is 4.60. The van der Waals surface area contributed by atoms with E-state index in [2.05, 4.69) is 21.9 Å². The first kappa shape index (κ1) is 16.8. The van der Waals surface area contributed by atoms with Gasteiger partial charge in [0.2, 0.25) is 16.0 Å². The minimum absolute atomic E-state index is 0.0510. The Labute approximate surface area is 146 Å². The third-order valence-electron chi connectivity index (χ3n) is 3.54. The van der Waals surface area contributed by atoms with E-state index in [0.717, 1.165) is 16.8 Å². The summed E-state index contributed by atoms with van der Waals surface area (Å²) in [5.41, 5.74) is 3.42. The minimum Gasteiger partial charge on any atom is -0.324 e. The summed E-state index contributed by atoms with van der Waals surface area (Å²) in [5, 5.41) is 8.13. The quantitative estimate of drug-likeness (QED) is 0.735. The predicted molar refractivity (Wildman–Crippen MR) is 98.7 cm³/mol. The van der Waals surface area contributed by atoms with Gasteiger partial charge in [-0.05, 0) is 35.9 Å². The number of aromatic nitrogens is 2. The summed E-state index contributed by atoms with van der Waals surface area (Å²) in [6.07, 6.45) is 3.44. The van der Waals surface area contributed by atoms with Gasteiger partial charge in [-0.2, -0.15) is 0 Å². The van der Waals surface area contributed by atoms with E-state index in [4.69, 9.17) is 5.14 Å². The Morgan fingerprint density at radius 3 is 2.28 bits per heavy atom. The van der Waals surface area contributed by atoms with Gasteiger partial charge in [0.15, 0.2) is 0 Å². The van der Waals surface area contributed by atoms with Crippen molar-refractivity contribution >= 4 is 27.7 Å². The van der Waals surface area contributed by atoms with E-state index in [1.54, 1.807) is 24.4 Å². The van der Waals surface area contributed by atoms with Gasteiger partial charge in [0.05, 0.1) is 10.6 Å². The van der Waals surface area contributed by atoms with Gasteiger partial charge in [-0.1, -0.05) is 36.9 Å². The lowest BCUT2D eigenvalue weighted by Crippen LogP contribution is -2.11. The van der Waals surface area contributed by atoms with Gasteiger partial charge in [-0.3, -0.25) is 0 Å². The number of anilines is 2. The molecule has 0 spiro atoms. The van der Waals surface area contributed by atoms with E-state index in [-0.39, 0.29) is 4.90 Å². The highest BCUT2D eigenvalue weighted by Crippen LogP contribution is 2.21. The van der Waals surface area contributed by atoms with Crippen molar-refractivity contribution in [1.82, 2.24) is 9.97 Å². The highest BCUT2D eigenvalue weighted by molar-refractivity contribution is 7.89. The molecule has 0 unspecified atom stereocenters. The molecule has 3 rings (SSSR count). The van der Waals surface area contributed by atoms with Crippen molar-refractivity contribution in [2.75, 3.05) is 5.32 Å². The molecule has 0 saturated carbocycles. The number of nitrogens with zero attached hydrogens (tertiary/aromatic N) is 2. The summed E-state index contributed by atoms with van der Waals surface area (Å²) in [4.78, 5) is 8.71. The number of rotatable bonds is 5. The Hall–Kier alpha value is -3.03. The first-order valence-electron chi connectivity index (χ1n) is 7.41. The molecular weight excluding hydrogens is 336 g/mol. The van der Waals surface area contributed by atoms with Crippen LogP contribution in [0.5, 0.6) is 0 Å². The molecule has 1 aromatic heterocycles. The monoisotopic (exact) mass is 352 g/mol. The third-order valence-corrected chi connectivity index (χ3v) is 4.47. The average molecular weight is 352 g/mol. The van der Waals surface area contributed by atoms with Crippen LogP contribution >= 0.6 is 0 Å². The second-order valence-corrected chi connectivity index (χ2v) is 6.85. The molecule has 0 aliphatic rings. The fraction of sp³-hybridized carbons (Fsp3) is 0. The highest BCUT2D eigenvalue weighted by Gasteiger charge is 2.07. The lowest BCUT2D eigenvalue weighted by atomic mass is 10.1. The van der Waals surface area contributed by atoms with E-state index >= 15 is 0 Å². The van der Waals surface area contributed by atoms with Crippen molar-refractivity contribution in [3.05, 3.63) is 72.9 Å². The van der Waals surface area contributed by atoms with Gasteiger partial charge < -0.3 is 5.32 Å². The summed E-state index contributed by atoms with van der Waals surface area (Å²) in [7, 11) is -3.71. The van der Waals surface area contributed by atoms with Crippen LogP contribution in [-0.2, 0) is 10.0 Å². The van der Waals surface area contributed by atoms with Gasteiger partial charge in [0, 0.05) is 17.4 Å². The van der Waals surface area contributed by atoms with Gasteiger partial charge >= 0.3 is 0 Å². The van der Waals surface area contributed by atoms with Crippen LogP contribution in [0.1, 0.15) is 5.56 Å². The largest absolute Gasteiger partial charge is 0.324 e.